The molecule has 0 atom stereocenters. The van der Waals surface area contributed by atoms with Crippen molar-refractivity contribution in [1.29, 1.82) is 0 Å². The number of rotatable bonds is 7. The van der Waals surface area contributed by atoms with Gasteiger partial charge >= 0.3 is 0 Å². The molecule has 2 nitrogen and oxygen atoms in total. The van der Waals surface area contributed by atoms with Crippen LogP contribution in [-0.4, -0.2) is 5.60 Å². The first-order chi connectivity index (χ1) is 14.0. The van der Waals surface area contributed by atoms with Gasteiger partial charge in [0.05, 0.1) is 5.76 Å². The largest absolute Gasteiger partial charge is 0.493 e. The van der Waals surface area contributed by atoms with Crippen molar-refractivity contribution in [1.82, 2.24) is 0 Å². The van der Waals surface area contributed by atoms with Gasteiger partial charge in [0, 0.05) is 17.1 Å². The topological polar surface area (TPSA) is 12.5 Å². The highest BCUT2D eigenvalue weighted by Crippen LogP contribution is 2.31. The van der Waals surface area contributed by atoms with E-state index in [0.29, 0.717) is 5.41 Å². The summed E-state index contributed by atoms with van der Waals surface area (Å²) in [7, 11) is 0. The van der Waals surface area contributed by atoms with Gasteiger partial charge in [-0.2, -0.15) is 0 Å². The molecule has 1 aromatic carbocycles. The molecular weight excluding hydrogens is 366 g/mol. The molecule has 0 fully saturated rings. The summed E-state index contributed by atoms with van der Waals surface area (Å²) >= 11 is 0. The van der Waals surface area contributed by atoms with Crippen LogP contribution in [0.15, 0.2) is 71.8 Å². The van der Waals surface area contributed by atoms with Gasteiger partial charge in [0.2, 0.25) is 0 Å². The fourth-order valence-corrected chi connectivity index (χ4v) is 3.75. The fraction of sp³-hybridized carbons (Fsp3) is 0.500. The monoisotopic (exact) mass is 407 g/mol. The van der Waals surface area contributed by atoms with E-state index in [9.17, 15) is 0 Å². The van der Waals surface area contributed by atoms with Crippen molar-refractivity contribution in [3.63, 3.8) is 0 Å². The maximum Gasteiger partial charge on any atom is 0.100 e. The van der Waals surface area contributed by atoms with Crippen LogP contribution in [-0.2, 0) is 11.2 Å². The van der Waals surface area contributed by atoms with Crippen LogP contribution in [0, 0.1) is 5.41 Å². The van der Waals surface area contributed by atoms with Crippen molar-refractivity contribution in [2.45, 2.75) is 86.7 Å². The Morgan fingerprint density at radius 3 is 2.20 bits per heavy atom. The minimum atomic E-state index is -0.180. The molecule has 1 aliphatic rings. The van der Waals surface area contributed by atoms with Crippen LogP contribution in [0.3, 0.4) is 0 Å². The number of hydrogen-bond acceptors (Lipinski definition) is 2. The first kappa shape index (κ1) is 24.1. The molecule has 0 aliphatic heterocycles. The summed E-state index contributed by atoms with van der Waals surface area (Å²) in [5.41, 5.74) is 5.35. The molecule has 0 amide bonds. The standard InChI is InChI=1S/C28H41NO/c1-9-24(18-15-22(2)30-28(6,7)8)29(25-13-11-10-12-14-25)26-19-16-23(17-20-26)21-27(3,4)5/h10-11,13,15-20H,9,12,14,21H2,1-8H3/b22-15+,24-18+. The van der Waals surface area contributed by atoms with E-state index in [1.807, 2.05) is 6.92 Å². The summed E-state index contributed by atoms with van der Waals surface area (Å²) in [6, 6.07) is 9.10. The van der Waals surface area contributed by atoms with Gasteiger partial charge in [-0.3, -0.25) is 0 Å². The average Bonchev–Trinajstić information content (AvgIpc) is 2.64. The molecule has 0 unspecified atom stereocenters. The zero-order chi connectivity index (χ0) is 22.4. The van der Waals surface area contributed by atoms with E-state index in [1.165, 1.54) is 22.6 Å². The smallest absolute Gasteiger partial charge is 0.100 e. The third-order valence-corrected chi connectivity index (χ3v) is 4.84. The molecule has 0 N–H and O–H groups in total. The van der Waals surface area contributed by atoms with E-state index < -0.39 is 0 Å². The highest BCUT2D eigenvalue weighted by Gasteiger charge is 2.18. The molecule has 0 radical (unpaired) electrons. The van der Waals surface area contributed by atoms with Gasteiger partial charge < -0.3 is 9.64 Å². The maximum absolute atomic E-state index is 6.00. The van der Waals surface area contributed by atoms with Gasteiger partial charge in [-0.15, -0.1) is 0 Å². The van der Waals surface area contributed by atoms with Crippen LogP contribution in [0.5, 0.6) is 0 Å². The second-order valence-corrected chi connectivity index (χ2v) is 10.4. The minimum absolute atomic E-state index is 0.180. The lowest BCUT2D eigenvalue weighted by atomic mass is 9.88. The highest BCUT2D eigenvalue weighted by molar-refractivity contribution is 5.60. The normalized spacial score (nSPS) is 15.8. The summed E-state index contributed by atoms with van der Waals surface area (Å²) in [6.45, 7) is 17.4. The summed E-state index contributed by atoms with van der Waals surface area (Å²) in [4.78, 5) is 2.42. The van der Waals surface area contributed by atoms with E-state index in [4.69, 9.17) is 4.74 Å². The van der Waals surface area contributed by atoms with Crippen LogP contribution in [0.2, 0.25) is 0 Å². The molecule has 164 valence electrons. The molecule has 1 aliphatic carbocycles. The molecule has 0 saturated carbocycles. The fourth-order valence-electron chi connectivity index (χ4n) is 3.75. The van der Waals surface area contributed by atoms with Crippen molar-refractivity contribution >= 4 is 5.69 Å². The van der Waals surface area contributed by atoms with E-state index in [-0.39, 0.29) is 5.60 Å². The van der Waals surface area contributed by atoms with Gasteiger partial charge in [-0.1, -0.05) is 52.0 Å². The molecule has 2 rings (SSSR count). The Morgan fingerprint density at radius 1 is 1.03 bits per heavy atom. The van der Waals surface area contributed by atoms with E-state index >= 15 is 0 Å². The average molecular weight is 408 g/mol. The number of benzene rings is 1. The van der Waals surface area contributed by atoms with Crippen LogP contribution < -0.4 is 4.90 Å². The van der Waals surface area contributed by atoms with Crippen molar-refractivity contribution in [3.05, 3.63) is 77.4 Å². The third kappa shape index (κ3) is 7.89. The highest BCUT2D eigenvalue weighted by atomic mass is 16.5. The second kappa shape index (κ2) is 10.2. The van der Waals surface area contributed by atoms with Gasteiger partial charge in [0.1, 0.15) is 5.60 Å². The quantitative estimate of drug-likeness (QED) is 0.333. The number of nitrogens with zero attached hydrogens (tertiary/aromatic N) is 1. The minimum Gasteiger partial charge on any atom is -0.493 e. The van der Waals surface area contributed by atoms with Crippen molar-refractivity contribution in [3.8, 4) is 0 Å². The van der Waals surface area contributed by atoms with Gasteiger partial charge in [-0.05, 0) is 94.7 Å². The predicted octanol–water partition coefficient (Wildman–Crippen LogP) is 8.33. The summed E-state index contributed by atoms with van der Waals surface area (Å²) in [5.74, 6) is 0.937. The lowest BCUT2D eigenvalue weighted by molar-refractivity contribution is 0.0535. The predicted molar refractivity (Wildman–Crippen MR) is 132 cm³/mol. The summed E-state index contributed by atoms with van der Waals surface area (Å²) in [5, 5.41) is 0. The summed E-state index contributed by atoms with van der Waals surface area (Å²) in [6.07, 6.45) is 15.2. The lowest BCUT2D eigenvalue weighted by Crippen LogP contribution is -2.22. The Kier molecular flexibility index (Phi) is 8.18. The number of anilines is 1. The Morgan fingerprint density at radius 2 is 1.70 bits per heavy atom. The van der Waals surface area contributed by atoms with E-state index in [0.717, 1.165) is 31.4 Å². The molecule has 1 aromatic rings. The zero-order valence-corrected chi connectivity index (χ0v) is 20.4. The first-order valence-corrected chi connectivity index (χ1v) is 11.3. The molecule has 0 aromatic heterocycles. The SMILES string of the molecule is CC/C(=C\C=C(/C)OC(C)(C)C)N(C1=CC=CCC1)c1ccc(CC(C)(C)C)cc1. The van der Waals surface area contributed by atoms with Crippen molar-refractivity contribution in [2.24, 2.45) is 5.41 Å². The van der Waals surface area contributed by atoms with E-state index in [1.54, 1.807) is 0 Å². The van der Waals surface area contributed by atoms with Gasteiger partial charge in [0.15, 0.2) is 0 Å². The zero-order valence-electron chi connectivity index (χ0n) is 20.4. The Hall–Kier alpha value is -2.22. The van der Waals surface area contributed by atoms with E-state index in [2.05, 4.69) is 108 Å². The molecule has 30 heavy (non-hydrogen) atoms. The Balaban J connectivity index is 2.39. The van der Waals surface area contributed by atoms with Crippen molar-refractivity contribution < 1.29 is 4.74 Å². The van der Waals surface area contributed by atoms with Crippen molar-refractivity contribution in [2.75, 3.05) is 4.90 Å². The molecule has 0 spiro atoms. The lowest BCUT2D eigenvalue weighted by Gasteiger charge is -2.31. The van der Waals surface area contributed by atoms with Gasteiger partial charge in [0.25, 0.3) is 0 Å². The summed E-state index contributed by atoms with van der Waals surface area (Å²) < 4.78 is 6.00. The van der Waals surface area contributed by atoms with Crippen LogP contribution in [0.1, 0.15) is 80.2 Å². The molecule has 0 saturated heterocycles. The van der Waals surface area contributed by atoms with Crippen LogP contribution >= 0.6 is 0 Å². The van der Waals surface area contributed by atoms with Crippen LogP contribution in [0.4, 0.5) is 5.69 Å². The molecule has 0 bridgehead atoms. The maximum atomic E-state index is 6.00. The van der Waals surface area contributed by atoms with Crippen LogP contribution in [0.25, 0.3) is 0 Å². The molecule has 0 heterocycles. The number of allylic oxidation sites excluding steroid dienone is 8. The Labute approximate surface area is 185 Å². The van der Waals surface area contributed by atoms with Gasteiger partial charge in [-0.25, -0.2) is 0 Å². The molecular formula is C28H41NO. The third-order valence-electron chi connectivity index (χ3n) is 4.84. The second-order valence-electron chi connectivity index (χ2n) is 10.4. The molecule has 2 heteroatoms. The first-order valence-electron chi connectivity index (χ1n) is 11.3. The number of hydrogen-bond donors (Lipinski definition) is 0. The number of ether oxygens (including phenoxy) is 1. The Bertz CT molecular complexity index is 808.